The van der Waals surface area contributed by atoms with Gasteiger partial charge in [0.25, 0.3) is 0 Å². The number of benzene rings is 1. The molecule has 1 aromatic rings. The normalized spacial score (nSPS) is 9.90. The molecule has 0 saturated heterocycles. The van der Waals surface area contributed by atoms with Gasteiger partial charge in [-0.1, -0.05) is 18.2 Å². The zero-order chi connectivity index (χ0) is 6.69. The van der Waals surface area contributed by atoms with Crippen LogP contribution in [0.25, 0.3) is 0 Å². The molecule has 0 bridgehead atoms. The average Bonchev–Trinajstić information content (AvgIpc) is 1.90. The third-order valence-corrected chi connectivity index (χ3v) is 1.72. The van der Waals surface area contributed by atoms with Crippen molar-refractivity contribution in [2.75, 3.05) is 0 Å². The van der Waals surface area contributed by atoms with Crippen molar-refractivity contribution in [3.8, 4) is 0 Å². The molecule has 4 heteroatoms. The van der Waals surface area contributed by atoms with Crippen molar-refractivity contribution < 1.29 is 26.8 Å². The molecule has 52 valence electrons. The number of hydrogen-bond donors (Lipinski definition) is 1. The average molecular weight is 193 g/mol. The van der Waals surface area contributed by atoms with Crippen LogP contribution in [0.3, 0.4) is 0 Å². The van der Waals surface area contributed by atoms with Crippen molar-refractivity contribution in [3.05, 3.63) is 30.3 Å². The van der Waals surface area contributed by atoms with E-state index in [0.717, 1.165) is 0 Å². The molecule has 0 heterocycles. The van der Waals surface area contributed by atoms with Gasteiger partial charge in [0.15, 0.2) is 0 Å². The first kappa shape index (κ1) is 9.81. The molecule has 0 aromatic heterocycles. The Kier molecular flexibility index (Phi) is 4.51. The Morgan fingerprint density at radius 1 is 1.20 bits per heavy atom. The Balaban J connectivity index is 0.000000810. The van der Waals surface area contributed by atoms with Crippen LogP contribution in [-0.2, 0) is 21.9 Å². The van der Waals surface area contributed by atoms with E-state index >= 15 is 0 Å². The zero-order valence-corrected chi connectivity index (χ0v) is 7.27. The molecule has 0 aliphatic rings. The molecule has 2 nitrogen and oxygen atoms in total. The summed E-state index contributed by atoms with van der Waals surface area (Å²) < 4.78 is 10.3. The molecule has 1 atom stereocenters. The first-order valence-electron chi connectivity index (χ1n) is 2.52. The van der Waals surface area contributed by atoms with E-state index < -0.39 is 8.03 Å². The van der Waals surface area contributed by atoms with Crippen LogP contribution in [0.4, 0.5) is 0 Å². The van der Waals surface area contributed by atoms with Gasteiger partial charge >= 0.3 is 8.03 Å². The summed E-state index contributed by atoms with van der Waals surface area (Å²) in [6, 6.07) is 8.53. The number of rotatable bonds is 1. The van der Waals surface area contributed by atoms with Crippen LogP contribution in [0.5, 0.6) is 0 Å². The van der Waals surface area contributed by atoms with Gasteiger partial charge in [0.2, 0.25) is 5.30 Å². The summed E-state index contributed by atoms with van der Waals surface area (Å²) >= 11 is 0. The van der Waals surface area contributed by atoms with Gasteiger partial charge in [-0.15, -0.1) is 0 Å². The second kappa shape index (κ2) is 4.60. The van der Waals surface area contributed by atoms with Gasteiger partial charge in [0.05, 0.1) is 0 Å². The molecule has 1 aromatic carbocycles. The molecule has 0 aliphatic carbocycles. The SMILES string of the molecule is O=[P+](O)c1ccccc1.[Cr]. The van der Waals surface area contributed by atoms with E-state index in [0.29, 0.717) is 5.30 Å². The van der Waals surface area contributed by atoms with E-state index in [1.165, 1.54) is 0 Å². The smallest absolute Gasteiger partial charge is 0.156 e. The van der Waals surface area contributed by atoms with Crippen LogP contribution in [0.15, 0.2) is 30.3 Å². The minimum absolute atomic E-state index is 0. The van der Waals surface area contributed by atoms with E-state index in [2.05, 4.69) is 0 Å². The molecule has 0 saturated carbocycles. The Hall–Kier alpha value is -0.188. The van der Waals surface area contributed by atoms with Gasteiger partial charge in [0.1, 0.15) is 0 Å². The Bertz CT molecular complexity index is 212. The van der Waals surface area contributed by atoms with Crippen molar-refractivity contribution in [1.29, 1.82) is 0 Å². The molecule has 0 radical (unpaired) electrons. The molecule has 0 spiro atoms. The summed E-state index contributed by atoms with van der Waals surface area (Å²) in [6.07, 6.45) is 0. The summed E-state index contributed by atoms with van der Waals surface area (Å²) in [6.45, 7) is 0. The minimum Gasteiger partial charge on any atom is -0.156 e. The van der Waals surface area contributed by atoms with Crippen molar-refractivity contribution in [2.45, 2.75) is 0 Å². The van der Waals surface area contributed by atoms with Crippen molar-refractivity contribution in [1.82, 2.24) is 0 Å². The van der Waals surface area contributed by atoms with E-state index in [1.54, 1.807) is 24.3 Å². The van der Waals surface area contributed by atoms with E-state index in [-0.39, 0.29) is 17.4 Å². The first-order valence-corrected chi connectivity index (χ1v) is 3.73. The monoisotopic (exact) mass is 193 g/mol. The molecular formula is C6H6CrO2P+. The van der Waals surface area contributed by atoms with Gasteiger partial charge in [-0.2, -0.15) is 4.89 Å². The van der Waals surface area contributed by atoms with Crippen molar-refractivity contribution in [2.24, 2.45) is 0 Å². The molecule has 0 amide bonds. The fourth-order valence-corrected chi connectivity index (χ4v) is 0.983. The van der Waals surface area contributed by atoms with Crippen LogP contribution < -0.4 is 5.30 Å². The fourth-order valence-electron chi connectivity index (χ4n) is 0.556. The van der Waals surface area contributed by atoms with Crippen molar-refractivity contribution in [3.63, 3.8) is 0 Å². The van der Waals surface area contributed by atoms with Gasteiger partial charge in [-0.25, -0.2) is 0 Å². The van der Waals surface area contributed by atoms with Crippen LogP contribution in [-0.4, -0.2) is 4.89 Å². The summed E-state index contributed by atoms with van der Waals surface area (Å²) in [7, 11) is -2.15. The topological polar surface area (TPSA) is 37.3 Å². The predicted molar refractivity (Wildman–Crippen MR) is 35.9 cm³/mol. The maximum atomic E-state index is 10.3. The van der Waals surface area contributed by atoms with Gasteiger partial charge in [0, 0.05) is 17.4 Å². The van der Waals surface area contributed by atoms with Gasteiger partial charge in [-0.05, 0) is 16.7 Å². The Morgan fingerprint density at radius 3 is 2.00 bits per heavy atom. The van der Waals surface area contributed by atoms with Crippen molar-refractivity contribution >= 4 is 13.3 Å². The van der Waals surface area contributed by atoms with Gasteiger partial charge < -0.3 is 0 Å². The van der Waals surface area contributed by atoms with E-state index in [1.807, 2.05) is 6.07 Å². The quantitative estimate of drug-likeness (QED) is 0.676. The summed E-state index contributed by atoms with van der Waals surface area (Å²) in [5.74, 6) is 0. The summed E-state index contributed by atoms with van der Waals surface area (Å²) in [5, 5.41) is 0.479. The summed E-state index contributed by atoms with van der Waals surface area (Å²) in [5.41, 5.74) is 0. The van der Waals surface area contributed by atoms with Gasteiger partial charge in [-0.3, -0.25) is 0 Å². The molecule has 1 unspecified atom stereocenters. The Morgan fingerprint density at radius 2 is 1.70 bits per heavy atom. The third kappa shape index (κ3) is 2.60. The minimum atomic E-state index is -2.15. The zero-order valence-electron chi connectivity index (χ0n) is 5.10. The fraction of sp³-hybridized carbons (Fsp3) is 0. The maximum absolute atomic E-state index is 10.3. The van der Waals surface area contributed by atoms with Crippen LogP contribution in [0, 0.1) is 0 Å². The standard InChI is InChI=1S/C6H5O2P.Cr/c7-9(8)6-4-2-1-3-5-6;/h1-5H;/p+1. The van der Waals surface area contributed by atoms with Crippen LogP contribution >= 0.6 is 8.03 Å². The van der Waals surface area contributed by atoms with E-state index in [4.69, 9.17) is 4.89 Å². The molecule has 1 N–H and O–H groups in total. The second-order valence-corrected chi connectivity index (χ2v) is 2.67. The predicted octanol–water partition coefficient (Wildman–Crippen LogP) is 1.04. The maximum Gasteiger partial charge on any atom is 0.546 e. The largest absolute Gasteiger partial charge is 0.546 e. The Labute approximate surface area is 70.9 Å². The molecule has 1 rings (SSSR count). The molecule has 0 fully saturated rings. The molecular weight excluding hydrogens is 187 g/mol. The molecule has 10 heavy (non-hydrogen) atoms. The number of hydrogen-bond acceptors (Lipinski definition) is 1. The van der Waals surface area contributed by atoms with Crippen LogP contribution in [0.1, 0.15) is 0 Å². The van der Waals surface area contributed by atoms with Crippen LogP contribution in [0.2, 0.25) is 0 Å². The van der Waals surface area contributed by atoms with E-state index in [9.17, 15) is 4.57 Å². The summed E-state index contributed by atoms with van der Waals surface area (Å²) in [4.78, 5) is 8.53. The second-order valence-electron chi connectivity index (χ2n) is 1.61. The molecule has 0 aliphatic heterocycles. The third-order valence-electron chi connectivity index (χ3n) is 0.977. The first-order chi connectivity index (χ1) is 4.30.